The summed E-state index contributed by atoms with van der Waals surface area (Å²) in [6.07, 6.45) is 3.53. The highest BCUT2D eigenvalue weighted by Crippen LogP contribution is 2.22. The molecule has 0 unspecified atom stereocenters. The van der Waals surface area contributed by atoms with Crippen molar-refractivity contribution in [3.8, 4) is 11.4 Å². The van der Waals surface area contributed by atoms with Gasteiger partial charge in [0.05, 0.1) is 0 Å². The van der Waals surface area contributed by atoms with Crippen LogP contribution in [0.15, 0.2) is 65.2 Å². The summed E-state index contributed by atoms with van der Waals surface area (Å²) in [5, 5.41) is 3.95. The van der Waals surface area contributed by atoms with E-state index in [-0.39, 0.29) is 5.91 Å². The van der Waals surface area contributed by atoms with Crippen molar-refractivity contribution < 1.29 is 9.32 Å². The monoisotopic (exact) mass is 374 g/mol. The molecular weight excluding hydrogens is 352 g/mol. The van der Waals surface area contributed by atoms with E-state index in [0.717, 1.165) is 29.9 Å². The van der Waals surface area contributed by atoms with Crippen LogP contribution in [0.25, 0.3) is 17.5 Å². The average molecular weight is 374 g/mol. The first kappa shape index (κ1) is 18.0. The lowest BCUT2D eigenvalue weighted by Crippen LogP contribution is -2.48. The third-order valence-electron chi connectivity index (χ3n) is 4.83. The minimum absolute atomic E-state index is 0.0614. The van der Waals surface area contributed by atoms with E-state index in [4.69, 9.17) is 4.52 Å². The maximum absolute atomic E-state index is 12.4. The lowest BCUT2D eigenvalue weighted by molar-refractivity contribution is -0.126. The van der Waals surface area contributed by atoms with Crippen molar-refractivity contribution >= 4 is 17.7 Å². The van der Waals surface area contributed by atoms with Gasteiger partial charge in [0.15, 0.2) is 0 Å². The second-order valence-corrected chi connectivity index (χ2v) is 6.74. The number of aryl methyl sites for hydroxylation is 1. The van der Waals surface area contributed by atoms with Crippen LogP contribution in [0, 0.1) is 6.92 Å². The van der Waals surface area contributed by atoms with Crippen molar-refractivity contribution in [1.82, 2.24) is 15.0 Å². The van der Waals surface area contributed by atoms with E-state index in [9.17, 15) is 4.79 Å². The van der Waals surface area contributed by atoms with Gasteiger partial charge in [-0.15, -0.1) is 0 Å². The number of hydrogen-bond acceptors (Lipinski definition) is 5. The van der Waals surface area contributed by atoms with E-state index in [0.29, 0.717) is 24.8 Å². The largest absolute Gasteiger partial charge is 0.368 e. The Hall–Kier alpha value is -3.41. The van der Waals surface area contributed by atoms with Crippen LogP contribution >= 0.6 is 0 Å². The Labute approximate surface area is 164 Å². The quantitative estimate of drug-likeness (QED) is 0.655. The lowest BCUT2D eigenvalue weighted by atomic mass is 10.1. The molecule has 2 heterocycles. The van der Waals surface area contributed by atoms with E-state index in [2.05, 4.69) is 27.2 Å². The minimum atomic E-state index is 0.0614. The molecule has 3 aromatic rings. The molecule has 1 amide bonds. The van der Waals surface area contributed by atoms with Crippen molar-refractivity contribution in [2.24, 2.45) is 0 Å². The highest BCUT2D eigenvalue weighted by Gasteiger charge is 2.20. The summed E-state index contributed by atoms with van der Waals surface area (Å²) in [4.78, 5) is 20.8. The van der Waals surface area contributed by atoms with E-state index < -0.39 is 0 Å². The molecule has 0 radical (unpaired) electrons. The summed E-state index contributed by atoms with van der Waals surface area (Å²) in [5.74, 6) is 1.22. The first-order chi connectivity index (χ1) is 13.7. The summed E-state index contributed by atoms with van der Waals surface area (Å²) in [6, 6.07) is 18.0. The third-order valence-corrected chi connectivity index (χ3v) is 4.83. The predicted octanol–water partition coefficient (Wildman–Crippen LogP) is 3.41. The van der Waals surface area contributed by atoms with Crippen molar-refractivity contribution in [2.45, 2.75) is 6.92 Å². The SMILES string of the molecule is Cc1nc(-c2ccc(N3CCN(C(=O)/C=C/c4ccccc4)CC3)cc2)no1. The van der Waals surface area contributed by atoms with Crippen LogP contribution in [0.2, 0.25) is 0 Å². The average Bonchev–Trinajstić information content (AvgIpc) is 3.19. The topological polar surface area (TPSA) is 62.5 Å². The highest BCUT2D eigenvalue weighted by atomic mass is 16.5. The number of rotatable bonds is 4. The van der Waals surface area contributed by atoms with Gasteiger partial charge in [0.25, 0.3) is 0 Å². The van der Waals surface area contributed by atoms with Crippen LogP contribution in [0.3, 0.4) is 0 Å². The molecule has 4 rings (SSSR count). The third kappa shape index (κ3) is 4.11. The van der Waals surface area contributed by atoms with Gasteiger partial charge in [0.1, 0.15) is 0 Å². The number of benzene rings is 2. The van der Waals surface area contributed by atoms with E-state index in [1.807, 2.05) is 53.4 Å². The molecule has 142 valence electrons. The summed E-state index contributed by atoms with van der Waals surface area (Å²) in [7, 11) is 0. The molecule has 1 aliphatic rings. The molecule has 6 nitrogen and oxygen atoms in total. The molecular formula is C22H22N4O2. The molecule has 0 atom stereocenters. The smallest absolute Gasteiger partial charge is 0.246 e. The number of aromatic nitrogens is 2. The number of amides is 1. The molecule has 1 aromatic heterocycles. The zero-order chi connectivity index (χ0) is 19.3. The van der Waals surface area contributed by atoms with E-state index in [1.54, 1.807) is 13.0 Å². The Bertz CT molecular complexity index is 956. The summed E-state index contributed by atoms with van der Waals surface area (Å²) in [6.45, 7) is 4.82. The van der Waals surface area contributed by atoms with Crippen LogP contribution in [-0.4, -0.2) is 47.1 Å². The Kier molecular flexibility index (Phi) is 5.19. The van der Waals surface area contributed by atoms with Gasteiger partial charge in [-0.1, -0.05) is 35.5 Å². The molecule has 1 saturated heterocycles. The Morgan fingerprint density at radius 3 is 2.36 bits per heavy atom. The molecule has 0 spiro atoms. The van der Waals surface area contributed by atoms with Crippen molar-refractivity contribution in [2.75, 3.05) is 31.1 Å². The van der Waals surface area contributed by atoms with Gasteiger partial charge >= 0.3 is 0 Å². The van der Waals surface area contributed by atoms with Crippen molar-refractivity contribution in [3.05, 3.63) is 72.1 Å². The van der Waals surface area contributed by atoms with Gasteiger partial charge in [-0.2, -0.15) is 4.98 Å². The molecule has 0 aliphatic carbocycles. The molecule has 0 saturated carbocycles. The molecule has 2 aromatic carbocycles. The normalized spacial score (nSPS) is 14.6. The standard InChI is InChI=1S/C22H22N4O2/c1-17-23-22(24-28-17)19-8-10-20(11-9-19)25-13-15-26(16-14-25)21(27)12-7-18-5-3-2-4-6-18/h2-12H,13-16H2,1H3/b12-7+. The van der Waals surface area contributed by atoms with E-state index in [1.165, 1.54) is 0 Å². The van der Waals surface area contributed by atoms with Crippen LogP contribution in [0.5, 0.6) is 0 Å². The zero-order valence-electron chi connectivity index (χ0n) is 15.8. The molecule has 1 fully saturated rings. The van der Waals surface area contributed by atoms with E-state index >= 15 is 0 Å². The fourth-order valence-electron chi connectivity index (χ4n) is 3.26. The first-order valence-electron chi connectivity index (χ1n) is 9.37. The number of piperazine rings is 1. The molecule has 0 bridgehead atoms. The van der Waals surface area contributed by atoms with Gasteiger partial charge in [0.2, 0.25) is 17.6 Å². The number of hydrogen-bond donors (Lipinski definition) is 0. The highest BCUT2D eigenvalue weighted by molar-refractivity contribution is 5.92. The van der Waals surface area contributed by atoms with Gasteiger partial charge < -0.3 is 14.3 Å². The maximum atomic E-state index is 12.4. The summed E-state index contributed by atoms with van der Waals surface area (Å²) in [5.41, 5.74) is 3.10. The van der Waals surface area contributed by atoms with Crippen LogP contribution < -0.4 is 4.90 Å². The fourth-order valence-corrected chi connectivity index (χ4v) is 3.26. The summed E-state index contributed by atoms with van der Waals surface area (Å²) >= 11 is 0. The Morgan fingerprint density at radius 1 is 1.00 bits per heavy atom. The maximum Gasteiger partial charge on any atom is 0.246 e. The second kappa shape index (κ2) is 8.08. The van der Waals surface area contributed by atoms with Crippen LogP contribution in [-0.2, 0) is 4.79 Å². The lowest BCUT2D eigenvalue weighted by Gasteiger charge is -2.35. The van der Waals surface area contributed by atoms with Gasteiger partial charge in [-0.3, -0.25) is 4.79 Å². The minimum Gasteiger partial charge on any atom is -0.368 e. The second-order valence-electron chi connectivity index (χ2n) is 6.74. The number of carbonyl (C=O) groups is 1. The Balaban J connectivity index is 1.33. The number of anilines is 1. The Morgan fingerprint density at radius 2 is 1.71 bits per heavy atom. The van der Waals surface area contributed by atoms with Gasteiger partial charge in [0, 0.05) is 50.4 Å². The van der Waals surface area contributed by atoms with Crippen molar-refractivity contribution in [1.29, 1.82) is 0 Å². The number of carbonyl (C=O) groups excluding carboxylic acids is 1. The van der Waals surface area contributed by atoms with Gasteiger partial charge in [-0.05, 0) is 35.9 Å². The van der Waals surface area contributed by atoms with Gasteiger partial charge in [-0.25, -0.2) is 0 Å². The van der Waals surface area contributed by atoms with Crippen LogP contribution in [0.1, 0.15) is 11.5 Å². The predicted molar refractivity (Wildman–Crippen MR) is 109 cm³/mol. The molecule has 1 aliphatic heterocycles. The molecule has 0 N–H and O–H groups in total. The van der Waals surface area contributed by atoms with Crippen LogP contribution in [0.4, 0.5) is 5.69 Å². The molecule has 6 heteroatoms. The zero-order valence-corrected chi connectivity index (χ0v) is 15.8. The van der Waals surface area contributed by atoms with Crippen molar-refractivity contribution in [3.63, 3.8) is 0 Å². The fraction of sp³-hybridized carbons (Fsp3) is 0.227. The molecule has 28 heavy (non-hydrogen) atoms. The summed E-state index contributed by atoms with van der Waals surface area (Å²) < 4.78 is 5.03. The first-order valence-corrected chi connectivity index (χ1v) is 9.37. The number of nitrogens with zero attached hydrogens (tertiary/aromatic N) is 4.